The van der Waals surface area contributed by atoms with Crippen molar-refractivity contribution in [2.24, 2.45) is 46.3 Å². The van der Waals surface area contributed by atoms with E-state index in [1.165, 1.54) is 49.5 Å². The Morgan fingerprint density at radius 2 is 1.67 bits per heavy atom. The molecule has 4 fully saturated rings. The zero-order valence-corrected chi connectivity index (χ0v) is 26.3. The molecule has 6 rings (SSSR count). The Labute approximate surface area is 253 Å². The Kier molecular flexibility index (Phi) is 8.59. The molecule has 2 aromatic carbocycles. The van der Waals surface area contributed by atoms with Crippen LogP contribution in [0.15, 0.2) is 54.6 Å². The van der Waals surface area contributed by atoms with Gasteiger partial charge in [-0.1, -0.05) is 75.4 Å². The molecule has 0 bridgehead atoms. The Bertz CT molecular complexity index is 1210. The van der Waals surface area contributed by atoms with Crippen LogP contribution in [0.5, 0.6) is 0 Å². The van der Waals surface area contributed by atoms with Gasteiger partial charge < -0.3 is 14.6 Å². The first-order chi connectivity index (χ1) is 20.2. The van der Waals surface area contributed by atoms with Crippen LogP contribution in [0.3, 0.4) is 0 Å². The molecule has 4 aliphatic rings. The normalized spacial score (nSPS) is 38.2. The number of ether oxygens (including phenoxy) is 2. The van der Waals surface area contributed by atoms with E-state index in [0.717, 1.165) is 38.0 Å². The predicted octanol–water partition coefficient (Wildman–Crippen LogP) is 8.46. The lowest BCUT2D eigenvalue weighted by molar-refractivity contribution is -0.193. The van der Waals surface area contributed by atoms with Crippen molar-refractivity contribution in [2.75, 3.05) is 7.11 Å². The fourth-order valence-corrected chi connectivity index (χ4v) is 10.7. The second-order valence-electron chi connectivity index (χ2n) is 14.8. The summed E-state index contributed by atoms with van der Waals surface area (Å²) >= 11 is 0. The molecule has 4 saturated carbocycles. The Balaban J connectivity index is 1.26. The Hall–Kier alpha value is -2.17. The van der Waals surface area contributed by atoms with Crippen LogP contribution < -0.4 is 0 Å². The molecule has 0 aromatic heterocycles. The number of rotatable bonds is 8. The fraction of sp³-hybridized carbons (Fsp3) is 0.658. The van der Waals surface area contributed by atoms with Gasteiger partial charge in [0.2, 0.25) is 0 Å². The zero-order chi connectivity index (χ0) is 29.5. The van der Waals surface area contributed by atoms with Gasteiger partial charge in [-0.2, -0.15) is 0 Å². The number of aliphatic hydroxyl groups excluding tert-OH is 1. The van der Waals surface area contributed by atoms with E-state index in [4.69, 9.17) is 9.47 Å². The fourth-order valence-electron chi connectivity index (χ4n) is 10.7. The summed E-state index contributed by atoms with van der Waals surface area (Å²) < 4.78 is 12.1. The molecule has 0 unspecified atom stereocenters. The quantitative estimate of drug-likeness (QED) is 0.323. The van der Waals surface area contributed by atoms with Crippen LogP contribution in [0.2, 0.25) is 0 Å². The summed E-state index contributed by atoms with van der Waals surface area (Å²) in [5.74, 6) is 3.63. The van der Waals surface area contributed by atoms with Gasteiger partial charge >= 0.3 is 5.97 Å². The molecule has 0 radical (unpaired) electrons. The summed E-state index contributed by atoms with van der Waals surface area (Å²) in [5, 5.41) is 10.5. The molecule has 1 N–H and O–H groups in total. The van der Waals surface area contributed by atoms with E-state index < -0.39 is 0 Å². The second kappa shape index (κ2) is 12.1. The average Bonchev–Trinajstić information content (AvgIpc) is 3.37. The number of esters is 1. The van der Waals surface area contributed by atoms with E-state index in [1.807, 2.05) is 0 Å². The van der Waals surface area contributed by atoms with Crippen LogP contribution in [-0.2, 0) is 20.9 Å². The highest BCUT2D eigenvalue weighted by molar-refractivity contribution is 5.69. The largest absolute Gasteiger partial charge is 0.469 e. The van der Waals surface area contributed by atoms with Crippen molar-refractivity contribution in [1.82, 2.24) is 0 Å². The van der Waals surface area contributed by atoms with E-state index >= 15 is 0 Å². The summed E-state index contributed by atoms with van der Waals surface area (Å²) in [4.78, 5) is 12.0. The summed E-state index contributed by atoms with van der Waals surface area (Å²) in [7, 11) is 1.50. The third kappa shape index (κ3) is 5.36. The van der Waals surface area contributed by atoms with Gasteiger partial charge in [-0.05, 0) is 121 Å². The highest BCUT2D eigenvalue weighted by atomic mass is 16.5. The molecular weight excluding hydrogens is 520 g/mol. The third-order valence-electron chi connectivity index (χ3n) is 13.0. The number of hydrogen-bond donors (Lipinski definition) is 1. The second-order valence-corrected chi connectivity index (χ2v) is 14.8. The average molecular weight is 573 g/mol. The first-order valence-electron chi connectivity index (χ1n) is 16.7. The van der Waals surface area contributed by atoms with Crippen LogP contribution in [-0.4, -0.2) is 30.4 Å². The number of methoxy groups -OCH3 is 1. The molecule has 10 atom stereocenters. The smallest absolute Gasteiger partial charge is 0.305 e. The SMILES string of the molecule is COC(=O)CC[C@@H](C)[C@H]1CC[C@H]2[C@@H]3CC[C@@H]4C[C@H](O)CC[C@]4(C)[C@H]3C[C@H](OCc3ccc(-c4ccccc4)cc3)[C@]12C. The molecular formula is C38H52O4. The Morgan fingerprint density at radius 3 is 2.40 bits per heavy atom. The lowest BCUT2D eigenvalue weighted by Gasteiger charge is -2.63. The highest BCUT2D eigenvalue weighted by Crippen LogP contribution is 2.69. The van der Waals surface area contributed by atoms with Crippen LogP contribution in [0.4, 0.5) is 0 Å². The van der Waals surface area contributed by atoms with Crippen molar-refractivity contribution in [3.8, 4) is 11.1 Å². The van der Waals surface area contributed by atoms with E-state index in [1.54, 1.807) is 0 Å². The van der Waals surface area contributed by atoms with Crippen molar-refractivity contribution in [3.05, 3.63) is 60.2 Å². The monoisotopic (exact) mass is 572 g/mol. The number of carbonyl (C=O) groups excluding carboxylic acids is 1. The zero-order valence-electron chi connectivity index (χ0n) is 26.3. The maximum atomic E-state index is 12.0. The van der Waals surface area contributed by atoms with Crippen molar-refractivity contribution in [1.29, 1.82) is 0 Å². The van der Waals surface area contributed by atoms with Gasteiger partial charge in [-0.25, -0.2) is 0 Å². The lowest BCUT2D eigenvalue weighted by Crippen LogP contribution is -2.59. The van der Waals surface area contributed by atoms with E-state index in [9.17, 15) is 9.90 Å². The maximum Gasteiger partial charge on any atom is 0.305 e. The van der Waals surface area contributed by atoms with Gasteiger partial charge in [0.25, 0.3) is 0 Å². The Morgan fingerprint density at radius 1 is 0.929 bits per heavy atom. The first-order valence-corrected chi connectivity index (χ1v) is 16.7. The molecule has 228 valence electrons. The molecule has 4 heteroatoms. The minimum atomic E-state index is -0.120. The number of fused-ring (bicyclic) bond motifs is 5. The number of aliphatic hydroxyl groups is 1. The molecule has 4 nitrogen and oxygen atoms in total. The van der Waals surface area contributed by atoms with Crippen LogP contribution in [0.1, 0.15) is 90.5 Å². The highest BCUT2D eigenvalue weighted by Gasteiger charge is 2.64. The third-order valence-corrected chi connectivity index (χ3v) is 13.0. The van der Waals surface area contributed by atoms with E-state index in [0.29, 0.717) is 48.0 Å². The molecule has 2 aromatic rings. The van der Waals surface area contributed by atoms with Crippen molar-refractivity contribution < 1.29 is 19.4 Å². The summed E-state index contributed by atoms with van der Waals surface area (Å²) in [6.45, 7) is 8.13. The predicted molar refractivity (Wildman–Crippen MR) is 167 cm³/mol. The van der Waals surface area contributed by atoms with Gasteiger partial charge in [0.05, 0.1) is 25.9 Å². The molecule has 42 heavy (non-hydrogen) atoms. The molecule has 0 heterocycles. The van der Waals surface area contributed by atoms with Gasteiger partial charge in [0.1, 0.15) is 0 Å². The van der Waals surface area contributed by atoms with Crippen molar-refractivity contribution >= 4 is 5.97 Å². The van der Waals surface area contributed by atoms with Gasteiger partial charge in [0, 0.05) is 6.42 Å². The van der Waals surface area contributed by atoms with E-state index in [-0.39, 0.29) is 23.6 Å². The number of benzene rings is 2. The molecule has 4 aliphatic carbocycles. The summed E-state index contributed by atoms with van der Waals surface area (Å²) in [5.41, 5.74) is 4.13. The maximum absolute atomic E-state index is 12.0. The topological polar surface area (TPSA) is 55.8 Å². The van der Waals surface area contributed by atoms with Crippen molar-refractivity contribution in [2.45, 2.75) is 104 Å². The van der Waals surface area contributed by atoms with Crippen LogP contribution >= 0.6 is 0 Å². The molecule has 0 amide bonds. The number of carbonyl (C=O) groups is 1. The van der Waals surface area contributed by atoms with E-state index in [2.05, 4.69) is 75.4 Å². The first kappa shape index (κ1) is 29.9. The standard InChI is InChI=1S/C38H52O4/c1-25(10-19-36(40)41-4)32-17-18-33-31-16-15-29-22-30(39)20-21-37(29,2)34(31)23-35(38(32,33)3)42-24-26-11-13-28(14-12-26)27-8-6-5-7-9-27/h5-9,11-14,25,29-35,39H,10,15-24H2,1-4H3/t25-,29-,30-,31+,32-,33+,34+,35+,37+,38-/m1/s1. The molecule has 0 saturated heterocycles. The van der Waals surface area contributed by atoms with Gasteiger partial charge in [-0.15, -0.1) is 0 Å². The van der Waals surface area contributed by atoms with Gasteiger partial charge in [-0.3, -0.25) is 4.79 Å². The minimum Gasteiger partial charge on any atom is -0.469 e. The van der Waals surface area contributed by atoms with Gasteiger partial charge in [0.15, 0.2) is 0 Å². The molecule has 0 aliphatic heterocycles. The lowest BCUT2D eigenvalue weighted by atomic mass is 9.43. The van der Waals surface area contributed by atoms with Crippen LogP contribution in [0, 0.1) is 46.3 Å². The number of hydrogen-bond acceptors (Lipinski definition) is 4. The summed E-state index contributed by atoms with van der Waals surface area (Å²) in [6, 6.07) is 19.5. The van der Waals surface area contributed by atoms with Crippen LogP contribution in [0.25, 0.3) is 11.1 Å². The van der Waals surface area contributed by atoms with Crippen molar-refractivity contribution in [3.63, 3.8) is 0 Å². The minimum absolute atomic E-state index is 0.0947. The summed E-state index contributed by atoms with van der Waals surface area (Å²) in [6.07, 6.45) is 10.8. The molecule has 0 spiro atoms.